The number of fused-ring (bicyclic) bond motifs is 1. The van der Waals surface area contributed by atoms with Crippen molar-refractivity contribution in [1.82, 2.24) is 44.9 Å². The van der Waals surface area contributed by atoms with Crippen molar-refractivity contribution < 1.29 is 4.79 Å². The van der Waals surface area contributed by atoms with Crippen LogP contribution < -0.4 is 0 Å². The minimum absolute atomic E-state index is 0.0815. The quantitative estimate of drug-likeness (QED) is 0.634. The van der Waals surface area contributed by atoms with Gasteiger partial charge in [0, 0.05) is 30.9 Å². The van der Waals surface area contributed by atoms with Gasteiger partial charge in [0.2, 0.25) is 5.91 Å². The summed E-state index contributed by atoms with van der Waals surface area (Å²) < 4.78 is 3.51. The van der Waals surface area contributed by atoms with Crippen LogP contribution in [0.25, 0.3) is 11.4 Å². The number of rotatable bonds is 6. The lowest BCUT2D eigenvalue weighted by atomic mass is 9.95. The average molecular weight is 381 g/mol. The van der Waals surface area contributed by atoms with Crippen molar-refractivity contribution in [2.45, 2.75) is 45.8 Å². The molecule has 0 N–H and O–H groups in total. The van der Waals surface area contributed by atoms with Gasteiger partial charge in [-0.2, -0.15) is 5.10 Å². The highest BCUT2D eigenvalue weighted by molar-refractivity contribution is 5.76. The van der Waals surface area contributed by atoms with Crippen LogP contribution in [0, 0.1) is 5.92 Å². The van der Waals surface area contributed by atoms with Crippen LogP contribution in [0.1, 0.15) is 38.6 Å². The second-order valence-electron chi connectivity index (χ2n) is 7.00. The minimum Gasteiger partial charge on any atom is -0.330 e. The molecule has 0 bridgehead atoms. The molecule has 3 aromatic heterocycles. The van der Waals surface area contributed by atoms with Gasteiger partial charge in [-0.25, -0.2) is 14.3 Å². The van der Waals surface area contributed by atoms with Crippen molar-refractivity contribution in [2.24, 2.45) is 5.92 Å². The number of amides is 1. The highest BCUT2D eigenvalue weighted by Gasteiger charge is 2.36. The summed E-state index contributed by atoms with van der Waals surface area (Å²) in [4.78, 5) is 23.9. The molecule has 28 heavy (non-hydrogen) atoms. The molecule has 0 unspecified atom stereocenters. The summed E-state index contributed by atoms with van der Waals surface area (Å²) in [6, 6.07) is 3.72. The van der Waals surface area contributed by atoms with Crippen molar-refractivity contribution in [3.05, 3.63) is 36.7 Å². The maximum absolute atomic E-state index is 13.0. The van der Waals surface area contributed by atoms with Gasteiger partial charge in [-0.3, -0.25) is 9.78 Å². The zero-order valence-electron chi connectivity index (χ0n) is 16.0. The smallest absolute Gasteiger partial charge is 0.225 e. The molecule has 0 radical (unpaired) electrons. The van der Waals surface area contributed by atoms with Gasteiger partial charge in [-0.15, -0.1) is 5.10 Å². The molecule has 4 heterocycles. The summed E-state index contributed by atoms with van der Waals surface area (Å²) in [5.74, 6) is 1.84. The lowest BCUT2D eigenvalue weighted by Gasteiger charge is -2.38. The molecule has 146 valence electrons. The zero-order valence-corrected chi connectivity index (χ0v) is 16.0. The van der Waals surface area contributed by atoms with Crippen LogP contribution >= 0.6 is 0 Å². The highest BCUT2D eigenvalue weighted by Crippen LogP contribution is 2.34. The first-order chi connectivity index (χ1) is 13.7. The van der Waals surface area contributed by atoms with Gasteiger partial charge in [-0.05, 0) is 28.5 Å². The molecular weight excluding hydrogens is 358 g/mol. The first kappa shape index (κ1) is 18.2. The monoisotopic (exact) mass is 381 g/mol. The van der Waals surface area contributed by atoms with Crippen LogP contribution in [-0.4, -0.2) is 57.3 Å². The summed E-state index contributed by atoms with van der Waals surface area (Å²) >= 11 is 0. The molecule has 4 rings (SSSR count). The summed E-state index contributed by atoms with van der Waals surface area (Å²) in [5, 5.41) is 15.7. The Labute approximate surface area is 162 Å². The largest absolute Gasteiger partial charge is 0.330 e. The van der Waals surface area contributed by atoms with Crippen molar-refractivity contribution in [3.8, 4) is 11.4 Å². The highest BCUT2D eigenvalue weighted by atomic mass is 16.2. The normalized spacial score (nSPS) is 17.4. The number of carbonyl (C=O) groups is 1. The Hall–Kier alpha value is -3.17. The number of hydrogen-bond donors (Lipinski definition) is 0. The van der Waals surface area contributed by atoms with E-state index in [1.807, 2.05) is 21.7 Å². The fourth-order valence-corrected chi connectivity index (χ4v) is 3.54. The van der Waals surface area contributed by atoms with Crippen molar-refractivity contribution in [1.29, 1.82) is 0 Å². The third-order valence-electron chi connectivity index (χ3n) is 5.22. The Balaban J connectivity index is 1.59. The molecule has 0 spiro atoms. The van der Waals surface area contributed by atoms with Crippen LogP contribution in [0.2, 0.25) is 0 Å². The molecule has 0 aliphatic carbocycles. The topological polar surface area (TPSA) is 108 Å². The number of hydrogen-bond acceptors (Lipinski definition) is 7. The fourth-order valence-electron chi connectivity index (χ4n) is 3.54. The van der Waals surface area contributed by atoms with E-state index in [1.165, 1.54) is 6.33 Å². The molecule has 2 atom stereocenters. The van der Waals surface area contributed by atoms with Gasteiger partial charge < -0.3 is 4.90 Å². The number of tetrazole rings is 1. The van der Waals surface area contributed by atoms with E-state index in [0.717, 1.165) is 17.8 Å². The summed E-state index contributed by atoms with van der Waals surface area (Å²) in [6.07, 6.45) is 6.30. The van der Waals surface area contributed by atoms with Crippen LogP contribution in [0.3, 0.4) is 0 Å². The maximum Gasteiger partial charge on any atom is 0.225 e. The fraction of sp³-hybridized carbons (Fsp3) is 0.500. The van der Waals surface area contributed by atoms with Gasteiger partial charge in [0.05, 0.1) is 19.1 Å². The Morgan fingerprint density at radius 1 is 1.36 bits per heavy atom. The van der Waals surface area contributed by atoms with Gasteiger partial charge >= 0.3 is 0 Å². The number of pyridine rings is 1. The van der Waals surface area contributed by atoms with Gasteiger partial charge in [0.15, 0.2) is 11.6 Å². The van der Waals surface area contributed by atoms with Gasteiger partial charge in [0.1, 0.15) is 6.33 Å². The first-order valence-electron chi connectivity index (χ1n) is 9.52. The lowest BCUT2D eigenvalue weighted by molar-refractivity contribution is -0.136. The summed E-state index contributed by atoms with van der Waals surface area (Å²) in [5.41, 5.74) is 0.879. The second kappa shape index (κ2) is 7.83. The van der Waals surface area contributed by atoms with E-state index >= 15 is 0 Å². The Morgan fingerprint density at radius 3 is 2.96 bits per heavy atom. The molecular formula is C18H23N9O. The predicted molar refractivity (Wildman–Crippen MR) is 99.6 cm³/mol. The standard InChI is InChI=1S/C18H23N9O/c1-3-13(2)16-18-21-17(14-5-4-7-19-11-14)22-27(18)10-9-26(16)15(28)6-8-25-12-20-23-24-25/h4-5,7,11-13,16H,3,6,8-10H2,1-2H3/t13-,16-/m0/s1. The molecule has 0 aromatic carbocycles. The average Bonchev–Trinajstić information content (AvgIpc) is 3.41. The van der Waals surface area contributed by atoms with Crippen molar-refractivity contribution >= 4 is 5.91 Å². The maximum atomic E-state index is 13.0. The SMILES string of the molecule is CC[C@H](C)[C@H]1c2nc(-c3cccnc3)nn2CCN1C(=O)CCn1cnnn1. The molecule has 10 nitrogen and oxygen atoms in total. The van der Waals surface area contributed by atoms with Crippen LogP contribution in [0.4, 0.5) is 0 Å². The summed E-state index contributed by atoms with van der Waals surface area (Å²) in [7, 11) is 0. The van der Waals surface area contributed by atoms with Crippen LogP contribution in [-0.2, 0) is 17.9 Å². The predicted octanol–water partition coefficient (Wildman–Crippen LogP) is 1.35. The number of nitrogens with zero attached hydrogens (tertiary/aromatic N) is 9. The van der Waals surface area contributed by atoms with Crippen molar-refractivity contribution in [2.75, 3.05) is 6.54 Å². The zero-order chi connectivity index (χ0) is 19.5. The lowest BCUT2D eigenvalue weighted by Crippen LogP contribution is -2.45. The second-order valence-corrected chi connectivity index (χ2v) is 7.00. The molecule has 0 saturated carbocycles. The molecule has 0 fully saturated rings. The summed E-state index contributed by atoms with van der Waals surface area (Å²) in [6.45, 7) is 5.99. The molecule has 1 amide bonds. The van der Waals surface area contributed by atoms with Crippen LogP contribution in [0.15, 0.2) is 30.9 Å². The van der Waals surface area contributed by atoms with E-state index < -0.39 is 0 Å². The molecule has 1 aliphatic heterocycles. The van der Waals surface area contributed by atoms with E-state index in [2.05, 4.69) is 39.5 Å². The van der Waals surface area contributed by atoms with E-state index in [-0.39, 0.29) is 17.9 Å². The van der Waals surface area contributed by atoms with E-state index in [4.69, 9.17) is 4.98 Å². The number of aryl methyl sites for hydroxylation is 1. The van der Waals surface area contributed by atoms with Crippen LogP contribution in [0.5, 0.6) is 0 Å². The minimum atomic E-state index is -0.0990. The first-order valence-corrected chi connectivity index (χ1v) is 9.52. The Kier molecular flexibility index (Phi) is 5.09. The molecule has 10 heteroatoms. The van der Waals surface area contributed by atoms with Gasteiger partial charge in [0.25, 0.3) is 0 Å². The van der Waals surface area contributed by atoms with E-state index in [9.17, 15) is 4.79 Å². The molecule has 1 aliphatic rings. The molecule has 3 aromatic rings. The van der Waals surface area contributed by atoms with E-state index in [0.29, 0.717) is 31.9 Å². The number of aromatic nitrogens is 8. The third-order valence-corrected chi connectivity index (χ3v) is 5.22. The van der Waals surface area contributed by atoms with Gasteiger partial charge in [-0.1, -0.05) is 20.3 Å². The third kappa shape index (κ3) is 3.49. The van der Waals surface area contributed by atoms with Crippen molar-refractivity contribution in [3.63, 3.8) is 0 Å². The number of carbonyl (C=O) groups excluding carboxylic acids is 1. The Bertz CT molecular complexity index is 922. The molecule has 0 saturated heterocycles. The Morgan fingerprint density at radius 2 is 2.25 bits per heavy atom. The van der Waals surface area contributed by atoms with E-state index in [1.54, 1.807) is 17.1 Å².